The predicted octanol–water partition coefficient (Wildman–Crippen LogP) is 4.20. The molecule has 7 heteroatoms. The third-order valence-electron chi connectivity index (χ3n) is 3.40. The number of ether oxygens (including phenoxy) is 1. The molecular weight excluding hydrogens is 335 g/mol. The van der Waals surface area contributed by atoms with Gasteiger partial charge in [-0.3, -0.25) is 4.79 Å². The normalized spacial score (nSPS) is 12.4. The number of rotatable bonds is 4. The first-order valence-electron chi connectivity index (χ1n) is 7.42. The third-order valence-corrected chi connectivity index (χ3v) is 3.40. The topological polar surface area (TPSA) is 55.4 Å². The van der Waals surface area contributed by atoms with Crippen LogP contribution >= 0.6 is 0 Å². The highest BCUT2D eigenvalue weighted by molar-refractivity contribution is 5.97. The Bertz CT molecular complexity index is 770. The molecule has 0 radical (unpaired) electrons. The zero-order chi connectivity index (χ0) is 18.6. The van der Waals surface area contributed by atoms with Crippen molar-refractivity contribution in [3.63, 3.8) is 0 Å². The molecule has 25 heavy (non-hydrogen) atoms. The Balaban J connectivity index is 2.02. The van der Waals surface area contributed by atoms with Crippen LogP contribution in [0.25, 0.3) is 0 Å². The van der Waals surface area contributed by atoms with Gasteiger partial charge in [0.25, 0.3) is 5.91 Å². The number of halogens is 3. The van der Waals surface area contributed by atoms with Crippen molar-refractivity contribution in [2.45, 2.75) is 26.1 Å². The lowest BCUT2D eigenvalue weighted by Crippen LogP contribution is -2.30. The fraction of sp³-hybridized carbons (Fsp3) is 0.222. The number of nitrogens with one attached hydrogen (secondary N) is 1. The monoisotopic (exact) mass is 351 g/mol. The Hall–Kier alpha value is -2.83. The van der Waals surface area contributed by atoms with Crippen LogP contribution in [0.4, 0.5) is 18.9 Å². The Morgan fingerprint density at radius 1 is 1.08 bits per heavy atom. The first kappa shape index (κ1) is 18.5. The predicted molar refractivity (Wildman–Crippen MR) is 86.1 cm³/mol. The molecule has 0 heterocycles. The molecule has 1 atom stereocenters. The number of aryl methyl sites for hydroxylation is 1. The molecule has 0 unspecified atom stereocenters. The molecule has 2 rings (SSSR count). The first-order valence-corrected chi connectivity index (χ1v) is 7.42. The van der Waals surface area contributed by atoms with E-state index in [1.807, 2.05) is 6.92 Å². The summed E-state index contributed by atoms with van der Waals surface area (Å²) in [6.07, 6.45) is -5.73. The fourth-order valence-corrected chi connectivity index (χ4v) is 1.99. The lowest BCUT2D eigenvalue weighted by molar-refractivity contribution is -0.137. The molecule has 2 aromatic carbocycles. The van der Waals surface area contributed by atoms with Crippen molar-refractivity contribution in [1.29, 1.82) is 0 Å². The summed E-state index contributed by atoms with van der Waals surface area (Å²) in [5, 5.41) is 2.57. The number of hydrogen-bond donors (Lipinski definition) is 1. The average Bonchev–Trinajstić information content (AvgIpc) is 2.56. The summed E-state index contributed by atoms with van der Waals surface area (Å²) in [6.45, 7) is 3.24. The minimum atomic E-state index is -4.56. The average molecular weight is 351 g/mol. The van der Waals surface area contributed by atoms with Crippen molar-refractivity contribution in [3.05, 3.63) is 65.2 Å². The van der Waals surface area contributed by atoms with Crippen molar-refractivity contribution >= 4 is 17.6 Å². The molecule has 1 N–H and O–H groups in total. The molecule has 132 valence electrons. The molecule has 4 nitrogen and oxygen atoms in total. The second-order valence-electron chi connectivity index (χ2n) is 5.48. The summed E-state index contributed by atoms with van der Waals surface area (Å²) in [6, 6.07) is 10.8. The molecule has 0 aliphatic heterocycles. The van der Waals surface area contributed by atoms with Crippen LogP contribution in [-0.2, 0) is 15.7 Å². The highest BCUT2D eigenvalue weighted by Crippen LogP contribution is 2.29. The van der Waals surface area contributed by atoms with E-state index in [4.69, 9.17) is 4.74 Å². The van der Waals surface area contributed by atoms with Crippen molar-refractivity contribution in [3.8, 4) is 0 Å². The van der Waals surface area contributed by atoms with Crippen molar-refractivity contribution in [1.82, 2.24) is 0 Å². The Morgan fingerprint density at radius 3 is 2.32 bits per heavy atom. The van der Waals surface area contributed by atoms with E-state index in [-0.39, 0.29) is 5.56 Å². The van der Waals surface area contributed by atoms with Crippen LogP contribution in [0.1, 0.15) is 28.4 Å². The summed E-state index contributed by atoms with van der Waals surface area (Å²) in [7, 11) is 0. The lowest BCUT2D eigenvalue weighted by Gasteiger charge is -2.14. The van der Waals surface area contributed by atoms with E-state index >= 15 is 0 Å². The van der Waals surface area contributed by atoms with Crippen LogP contribution in [0.15, 0.2) is 48.5 Å². The molecule has 0 aliphatic rings. The zero-order valence-corrected chi connectivity index (χ0v) is 13.6. The molecule has 0 fully saturated rings. The molecule has 0 aliphatic carbocycles. The standard InChI is InChI=1S/C18H16F3NO3/c1-11-6-8-15(9-7-11)22-16(23)12(2)25-17(24)13-4-3-5-14(10-13)18(19,20)21/h3-10,12H,1-2H3,(H,22,23)/t12-/m0/s1. The number of hydrogen-bond acceptors (Lipinski definition) is 3. The fourth-order valence-electron chi connectivity index (χ4n) is 1.99. The van der Waals surface area contributed by atoms with Gasteiger partial charge in [0.1, 0.15) is 0 Å². The number of carbonyl (C=O) groups excluding carboxylic acids is 2. The smallest absolute Gasteiger partial charge is 0.416 e. The van der Waals surface area contributed by atoms with Gasteiger partial charge in [0.05, 0.1) is 11.1 Å². The number of carbonyl (C=O) groups is 2. The van der Waals surface area contributed by atoms with Gasteiger partial charge in [-0.25, -0.2) is 4.79 Å². The highest BCUT2D eigenvalue weighted by Gasteiger charge is 2.31. The van der Waals surface area contributed by atoms with Crippen molar-refractivity contribution in [2.75, 3.05) is 5.32 Å². The van der Waals surface area contributed by atoms with Crippen LogP contribution in [0.2, 0.25) is 0 Å². The molecule has 0 aromatic heterocycles. The molecule has 0 spiro atoms. The van der Waals surface area contributed by atoms with E-state index in [2.05, 4.69) is 5.32 Å². The quantitative estimate of drug-likeness (QED) is 0.840. The second-order valence-corrected chi connectivity index (χ2v) is 5.48. The molecule has 0 bridgehead atoms. The van der Waals surface area contributed by atoms with Gasteiger partial charge in [-0.05, 0) is 44.2 Å². The Kier molecular flexibility index (Phi) is 5.46. The summed E-state index contributed by atoms with van der Waals surface area (Å²) >= 11 is 0. The summed E-state index contributed by atoms with van der Waals surface area (Å²) in [5.74, 6) is -1.58. The Morgan fingerprint density at radius 2 is 1.72 bits per heavy atom. The van der Waals surface area contributed by atoms with Crippen LogP contribution in [0.5, 0.6) is 0 Å². The molecule has 1 amide bonds. The van der Waals surface area contributed by atoms with Crippen LogP contribution < -0.4 is 5.32 Å². The minimum absolute atomic E-state index is 0.273. The Labute approximate surface area is 142 Å². The van der Waals surface area contributed by atoms with Crippen molar-refractivity contribution < 1.29 is 27.5 Å². The highest BCUT2D eigenvalue weighted by atomic mass is 19.4. The van der Waals surface area contributed by atoms with E-state index in [1.165, 1.54) is 13.0 Å². The summed E-state index contributed by atoms with van der Waals surface area (Å²) in [4.78, 5) is 24.0. The second kappa shape index (κ2) is 7.38. The van der Waals surface area contributed by atoms with Crippen LogP contribution in [0.3, 0.4) is 0 Å². The van der Waals surface area contributed by atoms with Gasteiger partial charge in [0.2, 0.25) is 0 Å². The van der Waals surface area contributed by atoms with E-state index in [0.717, 1.165) is 17.7 Å². The molecular formula is C18H16F3NO3. The van der Waals surface area contributed by atoms with E-state index in [0.29, 0.717) is 11.8 Å². The lowest BCUT2D eigenvalue weighted by atomic mass is 10.1. The van der Waals surface area contributed by atoms with E-state index < -0.39 is 29.7 Å². The molecule has 2 aromatic rings. The number of anilines is 1. The summed E-state index contributed by atoms with van der Waals surface area (Å²) in [5.41, 5.74) is 0.308. The summed E-state index contributed by atoms with van der Waals surface area (Å²) < 4.78 is 43.0. The number of alkyl halides is 3. The number of benzene rings is 2. The maximum absolute atomic E-state index is 12.7. The van der Waals surface area contributed by atoms with Gasteiger partial charge in [-0.1, -0.05) is 23.8 Å². The number of esters is 1. The van der Waals surface area contributed by atoms with Crippen molar-refractivity contribution in [2.24, 2.45) is 0 Å². The van der Waals surface area contributed by atoms with Crippen LogP contribution in [0, 0.1) is 6.92 Å². The van der Waals surface area contributed by atoms with Gasteiger partial charge < -0.3 is 10.1 Å². The largest absolute Gasteiger partial charge is 0.449 e. The first-order chi connectivity index (χ1) is 11.7. The number of amides is 1. The van der Waals surface area contributed by atoms with Gasteiger partial charge in [0, 0.05) is 5.69 Å². The maximum atomic E-state index is 12.7. The van der Waals surface area contributed by atoms with Gasteiger partial charge >= 0.3 is 12.1 Å². The van der Waals surface area contributed by atoms with Crippen LogP contribution in [-0.4, -0.2) is 18.0 Å². The minimum Gasteiger partial charge on any atom is -0.449 e. The third kappa shape index (κ3) is 5.07. The maximum Gasteiger partial charge on any atom is 0.416 e. The van der Waals surface area contributed by atoms with Gasteiger partial charge in [-0.15, -0.1) is 0 Å². The van der Waals surface area contributed by atoms with Gasteiger partial charge in [-0.2, -0.15) is 13.2 Å². The van der Waals surface area contributed by atoms with E-state index in [1.54, 1.807) is 24.3 Å². The molecule has 0 saturated carbocycles. The van der Waals surface area contributed by atoms with E-state index in [9.17, 15) is 22.8 Å². The zero-order valence-electron chi connectivity index (χ0n) is 13.6. The van der Waals surface area contributed by atoms with Gasteiger partial charge in [0.15, 0.2) is 6.10 Å². The SMILES string of the molecule is Cc1ccc(NC(=O)[C@H](C)OC(=O)c2cccc(C(F)(F)F)c2)cc1. The molecule has 0 saturated heterocycles.